The van der Waals surface area contributed by atoms with E-state index in [1.54, 1.807) is 0 Å². The van der Waals surface area contributed by atoms with Crippen molar-refractivity contribution in [1.29, 1.82) is 0 Å². The van der Waals surface area contributed by atoms with E-state index in [-0.39, 0.29) is 11.8 Å². The Kier molecular flexibility index (Phi) is 2.19. The van der Waals surface area contributed by atoms with Gasteiger partial charge in [-0.05, 0) is 18.9 Å². The fourth-order valence-electron chi connectivity index (χ4n) is 2.41. The quantitative estimate of drug-likeness (QED) is 0.648. The van der Waals surface area contributed by atoms with Crippen molar-refractivity contribution in [3.63, 3.8) is 0 Å². The Bertz CT molecular complexity index is 279. The summed E-state index contributed by atoms with van der Waals surface area (Å²) in [5, 5.41) is 8.67. The summed E-state index contributed by atoms with van der Waals surface area (Å²) in [6.45, 7) is 2.76. The van der Waals surface area contributed by atoms with Gasteiger partial charge in [-0.3, -0.25) is 9.69 Å². The van der Waals surface area contributed by atoms with Crippen LogP contribution in [-0.2, 0) is 4.79 Å². The van der Waals surface area contributed by atoms with Crippen molar-refractivity contribution in [2.75, 3.05) is 26.7 Å². The molecule has 2 bridgehead atoms. The van der Waals surface area contributed by atoms with Gasteiger partial charge in [-0.15, -0.1) is 0 Å². The van der Waals surface area contributed by atoms with Crippen LogP contribution < -0.4 is 0 Å². The van der Waals surface area contributed by atoms with Crippen LogP contribution >= 0.6 is 0 Å². The van der Waals surface area contributed by atoms with Gasteiger partial charge in [0, 0.05) is 20.1 Å². The molecule has 78 valence electrons. The number of amides is 2. The van der Waals surface area contributed by atoms with E-state index in [2.05, 4.69) is 4.90 Å². The third kappa shape index (κ3) is 1.37. The van der Waals surface area contributed by atoms with E-state index in [9.17, 15) is 9.59 Å². The minimum absolute atomic E-state index is 0.0927. The van der Waals surface area contributed by atoms with Crippen LogP contribution in [0.2, 0.25) is 0 Å². The number of fused-ring (bicyclic) bond motifs is 2. The smallest absolute Gasteiger partial charge is 0.413 e. The summed E-state index contributed by atoms with van der Waals surface area (Å²) < 4.78 is 0. The maximum Gasteiger partial charge on any atom is 0.413 e. The predicted octanol–water partition coefficient (Wildman–Crippen LogP) is 0.0745. The van der Waals surface area contributed by atoms with Crippen molar-refractivity contribution >= 4 is 12.0 Å². The average Bonchev–Trinajstić information content (AvgIpc) is 2.76. The second-order valence-electron chi connectivity index (χ2n) is 4.09. The third-order valence-electron chi connectivity index (χ3n) is 3.27. The number of imide groups is 1. The van der Waals surface area contributed by atoms with Crippen LogP contribution in [-0.4, -0.2) is 53.6 Å². The normalized spacial score (nSPS) is 34.5. The fourth-order valence-corrected chi connectivity index (χ4v) is 2.41. The fraction of sp³-hybridized carbons (Fsp3) is 0.778. The van der Waals surface area contributed by atoms with Gasteiger partial charge >= 0.3 is 6.09 Å². The van der Waals surface area contributed by atoms with Crippen LogP contribution in [0.3, 0.4) is 0 Å². The molecule has 0 aromatic carbocycles. The van der Waals surface area contributed by atoms with Crippen LogP contribution in [0, 0.1) is 11.8 Å². The van der Waals surface area contributed by atoms with Gasteiger partial charge in [0.15, 0.2) is 0 Å². The van der Waals surface area contributed by atoms with Crippen molar-refractivity contribution in [3.8, 4) is 0 Å². The maximum absolute atomic E-state index is 11.7. The number of carboxylic acid groups (broad SMARTS) is 1. The van der Waals surface area contributed by atoms with Crippen LogP contribution in [0.5, 0.6) is 0 Å². The highest BCUT2D eigenvalue weighted by Gasteiger charge is 2.43. The molecule has 0 aromatic heterocycles. The molecule has 2 fully saturated rings. The second kappa shape index (κ2) is 3.24. The summed E-state index contributed by atoms with van der Waals surface area (Å²) in [7, 11) is 1.33. The zero-order chi connectivity index (χ0) is 10.3. The van der Waals surface area contributed by atoms with E-state index in [0.29, 0.717) is 5.92 Å². The van der Waals surface area contributed by atoms with Crippen LogP contribution in [0.1, 0.15) is 6.42 Å². The Hall–Kier alpha value is -1.10. The summed E-state index contributed by atoms with van der Waals surface area (Å²) in [4.78, 5) is 25.3. The van der Waals surface area contributed by atoms with E-state index >= 15 is 0 Å². The lowest BCUT2D eigenvalue weighted by molar-refractivity contribution is -0.133. The second-order valence-corrected chi connectivity index (χ2v) is 4.09. The van der Waals surface area contributed by atoms with E-state index in [1.165, 1.54) is 7.05 Å². The van der Waals surface area contributed by atoms with Crippen LogP contribution in [0.15, 0.2) is 0 Å². The SMILES string of the molecule is CN(C(=O)O)C(=O)C1CN2CC[C@@H]1C2. The predicted molar refractivity (Wildman–Crippen MR) is 48.8 cm³/mol. The summed E-state index contributed by atoms with van der Waals surface area (Å²) in [6.07, 6.45) is -0.128. The first kappa shape index (κ1) is 9.45. The molecule has 1 N–H and O–H groups in total. The molecule has 14 heavy (non-hydrogen) atoms. The molecule has 0 saturated carbocycles. The Labute approximate surface area is 82.3 Å². The standard InChI is InChI=1S/C9H14N2O3/c1-10(9(13)14)8(12)7-5-11-3-2-6(7)4-11/h6-7H,2-5H2,1H3,(H,13,14)/t6-,7?/m1/s1. The van der Waals surface area contributed by atoms with Gasteiger partial charge in [-0.2, -0.15) is 0 Å². The first-order chi connectivity index (χ1) is 6.59. The van der Waals surface area contributed by atoms with Gasteiger partial charge in [0.1, 0.15) is 0 Å². The van der Waals surface area contributed by atoms with Gasteiger partial charge in [-0.25, -0.2) is 4.79 Å². The number of rotatable bonds is 1. The summed E-state index contributed by atoms with van der Waals surface area (Å²) in [5.74, 6) is 0.0406. The molecule has 2 amide bonds. The van der Waals surface area contributed by atoms with Crippen molar-refractivity contribution in [2.24, 2.45) is 11.8 Å². The molecule has 5 nitrogen and oxygen atoms in total. The average molecular weight is 198 g/mol. The van der Waals surface area contributed by atoms with Crippen molar-refractivity contribution in [3.05, 3.63) is 0 Å². The first-order valence-electron chi connectivity index (χ1n) is 4.82. The highest BCUT2D eigenvalue weighted by atomic mass is 16.4. The molecule has 2 rings (SSSR count). The number of piperidine rings is 1. The molecule has 0 aliphatic carbocycles. The summed E-state index contributed by atoms with van der Waals surface area (Å²) in [5.41, 5.74) is 0. The molecular formula is C9H14N2O3. The number of hydrogen-bond donors (Lipinski definition) is 1. The molecule has 0 radical (unpaired) electrons. The summed E-state index contributed by atoms with van der Waals surface area (Å²) in [6, 6.07) is 0. The van der Waals surface area contributed by atoms with E-state index in [4.69, 9.17) is 5.11 Å². The van der Waals surface area contributed by atoms with E-state index in [1.807, 2.05) is 0 Å². The Morgan fingerprint density at radius 2 is 2.14 bits per heavy atom. The Balaban J connectivity index is 2.02. The zero-order valence-corrected chi connectivity index (χ0v) is 8.14. The molecule has 2 aliphatic rings. The maximum atomic E-state index is 11.7. The largest absolute Gasteiger partial charge is 0.465 e. The van der Waals surface area contributed by atoms with Crippen molar-refractivity contribution in [2.45, 2.75) is 6.42 Å². The molecule has 2 unspecified atom stereocenters. The van der Waals surface area contributed by atoms with Crippen molar-refractivity contribution < 1.29 is 14.7 Å². The minimum atomic E-state index is -1.16. The monoisotopic (exact) mass is 198 g/mol. The minimum Gasteiger partial charge on any atom is -0.465 e. The van der Waals surface area contributed by atoms with Gasteiger partial charge in [0.05, 0.1) is 5.92 Å². The molecule has 2 saturated heterocycles. The highest BCUT2D eigenvalue weighted by Crippen LogP contribution is 2.33. The number of carbonyl (C=O) groups excluding carboxylic acids is 1. The Morgan fingerprint density at radius 3 is 2.57 bits per heavy atom. The first-order valence-corrected chi connectivity index (χ1v) is 4.82. The molecule has 0 aromatic rings. The number of carbonyl (C=O) groups is 2. The van der Waals surface area contributed by atoms with Crippen molar-refractivity contribution in [1.82, 2.24) is 9.80 Å². The van der Waals surface area contributed by atoms with Gasteiger partial charge in [0.2, 0.25) is 5.91 Å². The molecule has 2 heterocycles. The van der Waals surface area contributed by atoms with E-state index < -0.39 is 6.09 Å². The summed E-state index contributed by atoms with van der Waals surface area (Å²) >= 11 is 0. The van der Waals surface area contributed by atoms with Crippen LogP contribution in [0.25, 0.3) is 0 Å². The topological polar surface area (TPSA) is 60.9 Å². The lowest BCUT2D eigenvalue weighted by atomic mass is 9.91. The molecule has 5 heteroatoms. The van der Waals surface area contributed by atoms with Crippen LogP contribution in [0.4, 0.5) is 4.79 Å². The molecule has 3 atom stereocenters. The molecule has 2 aliphatic heterocycles. The van der Waals surface area contributed by atoms with Gasteiger partial charge < -0.3 is 10.0 Å². The van der Waals surface area contributed by atoms with Gasteiger partial charge in [0.25, 0.3) is 0 Å². The third-order valence-corrected chi connectivity index (χ3v) is 3.27. The lowest BCUT2D eigenvalue weighted by Gasteiger charge is -2.23. The lowest BCUT2D eigenvalue weighted by Crippen LogP contribution is -2.41. The number of hydrogen-bond acceptors (Lipinski definition) is 3. The van der Waals surface area contributed by atoms with E-state index in [0.717, 1.165) is 31.0 Å². The van der Waals surface area contributed by atoms with Gasteiger partial charge in [-0.1, -0.05) is 0 Å². The molecular weight excluding hydrogens is 184 g/mol. The highest BCUT2D eigenvalue weighted by molar-refractivity contribution is 5.92. The number of nitrogens with zero attached hydrogens (tertiary/aromatic N) is 2. The zero-order valence-electron chi connectivity index (χ0n) is 8.14. The Morgan fingerprint density at radius 1 is 1.43 bits per heavy atom. The molecule has 0 spiro atoms.